The van der Waals surface area contributed by atoms with Gasteiger partial charge in [0.15, 0.2) is 5.78 Å². The molecule has 0 aliphatic carbocycles. The molecular formula is C16H19NO4. The van der Waals surface area contributed by atoms with Crippen molar-refractivity contribution in [1.82, 2.24) is 4.98 Å². The lowest BCUT2D eigenvalue weighted by Crippen LogP contribution is -2.35. The lowest BCUT2D eigenvalue weighted by molar-refractivity contribution is -0.0718. The standard InChI is InChI=1S/C16H19NO4/c1-2-5-20-11-3-4-14-12(8-11)13(9-17-14)16(18)15-10-19-6-7-21-15/h3-4,8-9,15,17H,2,5-7,10H2,1H3. The number of hydrogen-bond donors (Lipinski definition) is 1. The van der Waals surface area contributed by atoms with Gasteiger partial charge >= 0.3 is 0 Å². The Morgan fingerprint density at radius 2 is 2.33 bits per heavy atom. The Morgan fingerprint density at radius 1 is 1.43 bits per heavy atom. The van der Waals surface area contributed by atoms with Crippen molar-refractivity contribution in [2.24, 2.45) is 0 Å². The second kappa shape index (κ2) is 6.28. The van der Waals surface area contributed by atoms with Crippen LogP contribution in [0.25, 0.3) is 10.9 Å². The molecule has 1 aromatic carbocycles. The van der Waals surface area contributed by atoms with Gasteiger partial charge in [-0.1, -0.05) is 6.92 Å². The fourth-order valence-corrected chi connectivity index (χ4v) is 2.43. The molecule has 1 atom stereocenters. The molecule has 1 saturated heterocycles. The molecule has 112 valence electrons. The first-order valence-electron chi connectivity index (χ1n) is 7.27. The number of ketones is 1. The molecule has 21 heavy (non-hydrogen) atoms. The first-order chi connectivity index (χ1) is 10.3. The molecule has 1 aromatic heterocycles. The molecule has 0 bridgehead atoms. The van der Waals surface area contributed by atoms with Crippen molar-refractivity contribution in [1.29, 1.82) is 0 Å². The molecule has 0 amide bonds. The fourth-order valence-electron chi connectivity index (χ4n) is 2.43. The number of Topliss-reactive ketones (excluding diaryl/α,β-unsaturated/α-hetero) is 1. The molecule has 1 aliphatic rings. The second-order valence-corrected chi connectivity index (χ2v) is 5.06. The highest BCUT2D eigenvalue weighted by Gasteiger charge is 2.26. The molecule has 0 saturated carbocycles. The fraction of sp³-hybridized carbons (Fsp3) is 0.438. The van der Waals surface area contributed by atoms with Gasteiger partial charge in [0.05, 0.1) is 26.4 Å². The van der Waals surface area contributed by atoms with Crippen LogP contribution in [0, 0.1) is 0 Å². The molecule has 2 heterocycles. The van der Waals surface area contributed by atoms with Gasteiger partial charge in [0.25, 0.3) is 0 Å². The van der Waals surface area contributed by atoms with Crippen LogP contribution in [0.3, 0.4) is 0 Å². The summed E-state index contributed by atoms with van der Waals surface area (Å²) in [5.74, 6) is 0.729. The zero-order valence-corrected chi connectivity index (χ0v) is 12.1. The van der Waals surface area contributed by atoms with Crippen molar-refractivity contribution in [3.63, 3.8) is 0 Å². The van der Waals surface area contributed by atoms with Gasteiger partial charge in [-0.05, 0) is 24.6 Å². The van der Waals surface area contributed by atoms with Crippen molar-refractivity contribution < 1.29 is 19.0 Å². The Kier molecular flexibility index (Phi) is 4.22. The number of rotatable bonds is 5. The van der Waals surface area contributed by atoms with Crippen molar-refractivity contribution >= 4 is 16.7 Å². The van der Waals surface area contributed by atoms with Crippen molar-refractivity contribution in [2.75, 3.05) is 26.4 Å². The van der Waals surface area contributed by atoms with Crippen LogP contribution in [-0.4, -0.2) is 43.3 Å². The number of benzene rings is 1. The molecule has 0 spiro atoms. The Balaban J connectivity index is 1.88. The molecule has 5 nitrogen and oxygen atoms in total. The normalized spacial score (nSPS) is 18.8. The van der Waals surface area contributed by atoms with Crippen molar-refractivity contribution in [3.8, 4) is 5.75 Å². The van der Waals surface area contributed by atoms with Crippen LogP contribution in [0.15, 0.2) is 24.4 Å². The molecular weight excluding hydrogens is 270 g/mol. The summed E-state index contributed by atoms with van der Waals surface area (Å²) in [6.07, 6.45) is 2.16. The number of fused-ring (bicyclic) bond motifs is 1. The molecule has 3 rings (SSSR count). The average Bonchev–Trinajstić information content (AvgIpc) is 2.96. The van der Waals surface area contributed by atoms with Gasteiger partial charge in [-0.3, -0.25) is 4.79 Å². The van der Waals surface area contributed by atoms with Gasteiger partial charge in [-0.2, -0.15) is 0 Å². The minimum Gasteiger partial charge on any atom is -0.494 e. The highest BCUT2D eigenvalue weighted by Crippen LogP contribution is 2.25. The smallest absolute Gasteiger partial charge is 0.196 e. The van der Waals surface area contributed by atoms with E-state index in [0.717, 1.165) is 23.1 Å². The number of aromatic amines is 1. The highest BCUT2D eigenvalue weighted by molar-refractivity contribution is 6.10. The van der Waals surface area contributed by atoms with Crippen LogP contribution in [0.2, 0.25) is 0 Å². The van der Waals surface area contributed by atoms with Gasteiger partial charge in [0.1, 0.15) is 11.9 Å². The van der Waals surface area contributed by atoms with E-state index >= 15 is 0 Å². The molecule has 1 N–H and O–H groups in total. The van der Waals surface area contributed by atoms with Gasteiger partial charge in [-0.15, -0.1) is 0 Å². The SMILES string of the molecule is CCCOc1ccc2[nH]cc(C(=O)C3COCCO3)c2c1. The number of hydrogen-bond acceptors (Lipinski definition) is 4. The maximum absolute atomic E-state index is 12.5. The van der Waals surface area contributed by atoms with Crippen LogP contribution in [0.1, 0.15) is 23.7 Å². The second-order valence-electron chi connectivity index (χ2n) is 5.06. The van der Waals surface area contributed by atoms with E-state index < -0.39 is 6.10 Å². The quantitative estimate of drug-likeness (QED) is 0.859. The summed E-state index contributed by atoms with van der Waals surface area (Å²) in [7, 11) is 0. The first-order valence-corrected chi connectivity index (χ1v) is 7.27. The minimum absolute atomic E-state index is 0.0476. The third-order valence-corrected chi connectivity index (χ3v) is 3.50. The van der Waals surface area contributed by atoms with Crippen molar-refractivity contribution in [3.05, 3.63) is 30.0 Å². The van der Waals surface area contributed by atoms with Crippen LogP contribution in [0.5, 0.6) is 5.75 Å². The van der Waals surface area contributed by atoms with E-state index in [1.54, 1.807) is 6.20 Å². The summed E-state index contributed by atoms with van der Waals surface area (Å²) in [4.78, 5) is 15.7. The monoisotopic (exact) mass is 289 g/mol. The Hall–Kier alpha value is -1.85. The molecule has 2 aromatic rings. The van der Waals surface area contributed by atoms with E-state index in [1.165, 1.54) is 0 Å². The highest BCUT2D eigenvalue weighted by atomic mass is 16.6. The molecule has 1 fully saturated rings. The maximum atomic E-state index is 12.5. The summed E-state index contributed by atoms with van der Waals surface area (Å²) in [6, 6.07) is 5.73. The van der Waals surface area contributed by atoms with Crippen LogP contribution in [0.4, 0.5) is 0 Å². The predicted octanol–water partition coefficient (Wildman–Crippen LogP) is 2.55. The minimum atomic E-state index is -0.516. The number of aromatic nitrogens is 1. The summed E-state index contributed by atoms with van der Waals surface area (Å²) < 4.78 is 16.4. The number of H-pyrrole nitrogens is 1. The van der Waals surface area contributed by atoms with Crippen LogP contribution < -0.4 is 4.74 Å². The van der Waals surface area contributed by atoms with Crippen molar-refractivity contribution in [2.45, 2.75) is 19.4 Å². The van der Waals surface area contributed by atoms with Crippen LogP contribution in [-0.2, 0) is 9.47 Å². The lowest BCUT2D eigenvalue weighted by atomic mass is 10.0. The number of carbonyl (C=O) groups excluding carboxylic acids is 1. The predicted molar refractivity (Wildman–Crippen MR) is 79.0 cm³/mol. The number of ether oxygens (including phenoxy) is 3. The first kappa shape index (κ1) is 14.1. The largest absolute Gasteiger partial charge is 0.494 e. The summed E-state index contributed by atoms with van der Waals surface area (Å²) in [5, 5.41) is 0.864. The van der Waals surface area contributed by atoms with E-state index in [4.69, 9.17) is 14.2 Å². The molecule has 5 heteroatoms. The molecule has 1 unspecified atom stereocenters. The maximum Gasteiger partial charge on any atom is 0.196 e. The van der Waals surface area contributed by atoms with Gasteiger partial charge < -0.3 is 19.2 Å². The summed E-state index contributed by atoms with van der Waals surface area (Å²) in [5.41, 5.74) is 1.54. The van der Waals surface area contributed by atoms with Gasteiger partial charge in [-0.25, -0.2) is 0 Å². The van der Waals surface area contributed by atoms with E-state index in [-0.39, 0.29) is 5.78 Å². The summed E-state index contributed by atoms with van der Waals surface area (Å²) in [6.45, 7) is 4.05. The zero-order valence-electron chi connectivity index (χ0n) is 12.1. The van der Waals surface area contributed by atoms with E-state index in [0.29, 0.717) is 32.0 Å². The van der Waals surface area contributed by atoms with Gasteiger partial charge in [0, 0.05) is 22.7 Å². The van der Waals surface area contributed by atoms with Gasteiger partial charge in [0.2, 0.25) is 0 Å². The average molecular weight is 289 g/mol. The molecule has 1 aliphatic heterocycles. The number of nitrogens with one attached hydrogen (secondary N) is 1. The lowest BCUT2D eigenvalue weighted by Gasteiger charge is -2.21. The Labute approximate surface area is 123 Å². The van der Waals surface area contributed by atoms with E-state index in [9.17, 15) is 4.79 Å². The third kappa shape index (κ3) is 2.94. The van der Waals surface area contributed by atoms with E-state index in [1.807, 2.05) is 18.2 Å². The third-order valence-electron chi connectivity index (χ3n) is 3.50. The topological polar surface area (TPSA) is 60.6 Å². The number of carbonyl (C=O) groups is 1. The van der Waals surface area contributed by atoms with Crippen LogP contribution >= 0.6 is 0 Å². The zero-order chi connectivity index (χ0) is 14.7. The Bertz CT molecular complexity index is 628. The van der Waals surface area contributed by atoms with E-state index in [2.05, 4.69) is 11.9 Å². The summed E-state index contributed by atoms with van der Waals surface area (Å²) >= 11 is 0. The Morgan fingerprint density at radius 3 is 3.10 bits per heavy atom. The molecule has 0 radical (unpaired) electrons.